The number of ketones is 2. The van der Waals surface area contributed by atoms with Gasteiger partial charge in [0.2, 0.25) is 0 Å². The number of rotatable bonds is 5. The van der Waals surface area contributed by atoms with Gasteiger partial charge in [-0.15, -0.1) is 0 Å². The Morgan fingerprint density at radius 2 is 1.43 bits per heavy atom. The Morgan fingerprint density at radius 3 is 2.11 bits per heavy atom. The second-order valence-corrected chi connectivity index (χ2v) is 6.32. The van der Waals surface area contributed by atoms with E-state index in [0.717, 1.165) is 0 Å². The zero-order chi connectivity index (χ0) is 19.7. The number of para-hydroxylation sites is 1. The number of fused-ring (bicyclic) bond motifs is 2. The Morgan fingerprint density at radius 1 is 0.821 bits per heavy atom. The number of hydrogen-bond donors (Lipinski definition) is 2. The molecule has 1 unspecified atom stereocenters. The fraction of sp³-hybridized carbons (Fsp3) is 0.0909. The summed E-state index contributed by atoms with van der Waals surface area (Å²) in [6.07, 6.45) is -0.881. The molecule has 140 valence electrons. The summed E-state index contributed by atoms with van der Waals surface area (Å²) >= 11 is 0. The maximum absolute atomic E-state index is 13.0. The van der Waals surface area contributed by atoms with E-state index >= 15 is 0 Å². The molecular weight excluding hydrogens is 358 g/mol. The van der Waals surface area contributed by atoms with E-state index in [1.807, 2.05) is 18.2 Å². The molecule has 3 aromatic carbocycles. The number of hydrogen-bond acceptors (Lipinski definition) is 6. The minimum absolute atomic E-state index is 0.0128. The standard InChI is InChI=1S/C22H17NO5/c23-18(12-27-13-6-2-1-3-7-13)28-17-11-10-16(24)19-20(17)22(26)15-9-5-4-8-14(15)21(19)25/h1-11,18,24H,12,23H2. The number of ether oxygens (including phenoxy) is 2. The second kappa shape index (κ2) is 7.17. The Hall–Kier alpha value is -3.64. The summed E-state index contributed by atoms with van der Waals surface area (Å²) in [6.45, 7) is 0.0401. The van der Waals surface area contributed by atoms with E-state index in [1.165, 1.54) is 12.1 Å². The molecule has 4 rings (SSSR count). The second-order valence-electron chi connectivity index (χ2n) is 6.32. The van der Waals surface area contributed by atoms with E-state index in [0.29, 0.717) is 5.75 Å². The Kier molecular flexibility index (Phi) is 4.55. The number of phenolic OH excluding ortho intramolecular Hbond substituents is 1. The smallest absolute Gasteiger partial charge is 0.198 e. The predicted molar refractivity (Wildman–Crippen MR) is 102 cm³/mol. The Bertz CT molecular complexity index is 1060. The molecule has 1 aliphatic carbocycles. The summed E-state index contributed by atoms with van der Waals surface area (Å²) in [6, 6.07) is 18.3. The fourth-order valence-corrected chi connectivity index (χ4v) is 3.17. The van der Waals surface area contributed by atoms with Gasteiger partial charge in [-0.1, -0.05) is 42.5 Å². The minimum Gasteiger partial charge on any atom is -0.507 e. The summed E-state index contributed by atoms with van der Waals surface area (Å²) in [5.74, 6) is -0.335. The van der Waals surface area contributed by atoms with Crippen LogP contribution < -0.4 is 15.2 Å². The highest BCUT2D eigenvalue weighted by atomic mass is 16.5. The molecule has 3 aromatic rings. The van der Waals surface area contributed by atoms with Gasteiger partial charge in [-0.3, -0.25) is 15.3 Å². The molecule has 6 nitrogen and oxygen atoms in total. The monoisotopic (exact) mass is 375 g/mol. The molecule has 1 aliphatic rings. The third-order valence-corrected chi connectivity index (χ3v) is 4.45. The third kappa shape index (κ3) is 3.10. The van der Waals surface area contributed by atoms with Gasteiger partial charge in [0.25, 0.3) is 0 Å². The lowest BCUT2D eigenvalue weighted by atomic mass is 9.83. The molecule has 1 atom stereocenters. The van der Waals surface area contributed by atoms with Crippen molar-refractivity contribution in [2.24, 2.45) is 5.73 Å². The number of nitrogens with two attached hydrogens (primary N) is 1. The molecule has 0 aliphatic heterocycles. The average molecular weight is 375 g/mol. The number of benzene rings is 3. The van der Waals surface area contributed by atoms with Crippen LogP contribution in [0.4, 0.5) is 0 Å². The van der Waals surface area contributed by atoms with Crippen LogP contribution in [-0.4, -0.2) is 29.5 Å². The molecule has 0 saturated heterocycles. The number of aromatic hydroxyl groups is 1. The first-order valence-electron chi connectivity index (χ1n) is 8.70. The van der Waals surface area contributed by atoms with Crippen LogP contribution in [0.25, 0.3) is 0 Å². The molecule has 0 aromatic heterocycles. The van der Waals surface area contributed by atoms with Gasteiger partial charge in [0, 0.05) is 11.1 Å². The molecule has 0 heterocycles. The lowest BCUT2D eigenvalue weighted by Crippen LogP contribution is -2.35. The average Bonchev–Trinajstić information content (AvgIpc) is 2.72. The molecule has 0 radical (unpaired) electrons. The van der Waals surface area contributed by atoms with E-state index in [9.17, 15) is 14.7 Å². The highest BCUT2D eigenvalue weighted by molar-refractivity contribution is 6.30. The number of phenols is 1. The van der Waals surface area contributed by atoms with E-state index in [-0.39, 0.29) is 40.4 Å². The Balaban J connectivity index is 1.63. The first-order valence-corrected chi connectivity index (χ1v) is 8.70. The van der Waals surface area contributed by atoms with Crippen LogP contribution in [0, 0.1) is 0 Å². The summed E-state index contributed by atoms with van der Waals surface area (Å²) < 4.78 is 11.3. The molecule has 28 heavy (non-hydrogen) atoms. The molecule has 0 spiro atoms. The normalized spacial score (nSPS) is 13.5. The van der Waals surface area contributed by atoms with Crippen molar-refractivity contribution in [1.29, 1.82) is 0 Å². The summed E-state index contributed by atoms with van der Waals surface area (Å²) in [5, 5.41) is 10.2. The lowest BCUT2D eigenvalue weighted by molar-refractivity contribution is 0.0962. The van der Waals surface area contributed by atoms with E-state index in [2.05, 4.69) is 0 Å². The molecule has 3 N–H and O–H groups in total. The first-order chi connectivity index (χ1) is 13.6. The zero-order valence-corrected chi connectivity index (χ0v) is 14.8. The van der Waals surface area contributed by atoms with Crippen LogP contribution in [0.15, 0.2) is 66.7 Å². The maximum atomic E-state index is 13.0. The van der Waals surface area contributed by atoms with Crippen LogP contribution in [0.3, 0.4) is 0 Å². The SMILES string of the molecule is NC(COc1ccccc1)Oc1ccc(O)c2c1C(=O)c1ccccc1C2=O. The summed E-state index contributed by atoms with van der Waals surface area (Å²) in [5.41, 5.74) is 6.46. The van der Waals surface area contributed by atoms with Gasteiger partial charge < -0.3 is 14.6 Å². The van der Waals surface area contributed by atoms with Gasteiger partial charge in [0.1, 0.15) is 23.9 Å². The largest absolute Gasteiger partial charge is 0.507 e. The van der Waals surface area contributed by atoms with Gasteiger partial charge in [-0.25, -0.2) is 0 Å². The predicted octanol–water partition coefficient (Wildman–Crippen LogP) is 2.91. The number of carbonyl (C=O) groups is 2. The van der Waals surface area contributed by atoms with E-state index in [4.69, 9.17) is 15.2 Å². The molecule has 0 bridgehead atoms. The number of carbonyl (C=O) groups excluding carboxylic acids is 2. The van der Waals surface area contributed by atoms with Gasteiger partial charge in [0.05, 0.1) is 11.1 Å². The van der Waals surface area contributed by atoms with Crippen LogP contribution in [0.2, 0.25) is 0 Å². The van der Waals surface area contributed by atoms with Gasteiger partial charge >= 0.3 is 0 Å². The van der Waals surface area contributed by atoms with Gasteiger partial charge in [-0.2, -0.15) is 0 Å². The van der Waals surface area contributed by atoms with Crippen molar-refractivity contribution in [3.8, 4) is 17.2 Å². The van der Waals surface area contributed by atoms with Gasteiger partial charge in [0.15, 0.2) is 17.8 Å². The van der Waals surface area contributed by atoms with Crippen molar-refractivity contribution in [3.63, 3.8) is 0 Å². The van der Waals surface area contributed by atoms with Crippen LogP contribution in [0.5, 0.6) is 17.2 Å². The maximum Gasteiger partial charge on any atom is 0.198 e. The first kappa shape index (κ1) is 17.8. The van der Waals surface area contributed by atoms with Crippen molar-refractivity contribution in [2.45, 2.75) is 6.23 Å². The molecule has 0 fully saturated rings. The third-order valence-electron chi connectivity index (χ3n) is 4.45. The minimum atomic E-state index is -0.881. The van der Waals surface area contributed by atoms with E-state index in [1.54, 1.807) is 36.4 Å². The van der Waals surface area contributed by atoms with Crippen LogP contribution in [-0.2, 0) is 0 Å². The van der Waals surface area contributed by atoms with Crippen molar-refractivity contribution >= 4 is 11.6 Å². The molecule has 0 amide bonds. The Labute approximate surface area is 161 Å². The van der Waals surface area contributed by atoms with Crippen molar-refractivity contribution < 1.29 is 24.2 Å². The fourth-order valence-electron chi connectivity index (χ4n) is 3.17. The molecule has 0 saturated carbocycles. The van der Waals surface area contributed by atoms with Crippen molar-refractivity contribution in [1.82, 2.24) is 0 Å². The van der Waals surface area contributed by atoms with Crippen molar-refractivity contribution in [3.05, 3.63) is 89.0 Å². The topological polar surface area (TPSA) is 98.8 Å². The highest BCUT2D eigenvalue weighted by Crippen LogP contribution is 2.38. The lowest BCUT2D eigenvalue weighted by Gasteiger charge is -2.23. The molecule has 6 heteroatoms. The quantitative estimate of drug-likeness (QED) is 0.521. The summed E-state index contributed by atoms with van der Waals surface area (Å²) in [7, 11) is 0. The van der Waals surface area contributed by atoms with Crippen LogP contribution >= 0.6 is 0 Å². The van der Waals surface area contributed by atoms with E-state index < -0.39 is 17.8 Å². The van der Waals surface area contributed by atoms with Crippen LogP contribution in [0.1, 0.15) is 31.8 Å². The van der Waals surface area contributed by atoms with Crippen molar-refractivity contribution in [2.75, 3.05) is 6.61 Å². The highest BCUT2D eigenvalue weighted by Gasteiger charge is 2.34. The zero-order valence-electron chi connectivity index (χ0n) is 14.8. The molecular formula is C22H17NO5. The summed E-state index contributed by atoms with van der Waals surface area (Å²) in [4.78, 5) is 25.8. The van der Waals surface area contributed by atoms with Gasteiger partial charge in [-0.05, 0) is 24.3 Å².